The Labute approximate surface area is 193 Å². The molecule has 4 aromatic rings. The number of benzene rings is 2. The fourth-order valence-corrected chi connectivity index (χ4v) is 4.28. The van der Waals surface area contributed by atoms with Gasteiger partial charge in [-0.1, -0.05) is 36.4 Å². The van der Waals surface area contributed by atoms with Gasteiger partial charge >= 0.3 is 0 Å². The number of aryl methyl sites for hydroxylation is 1. The average Bonchev–Trinajstić information content (AvgIpc) is 3.20. The summed E-state index contributed by atoms with van der Waals surface area (Å²) in [7, 11) is 0. The van der Waals surface area contributed by atoms with Crippen molar-refractivity contribution in [3.63, 3.8) is 0 Å². The molecule has 7 heteroatoms. The SMILES string of the molecule is Cc1cc2c(C#N)cccc2n1-c1ncc(CN2CCOCC2)c(NCc2ccccc2)n1. The molecule has 0 saturated carbocycles. The molecule has 2 aromatic carbocycles. The van der Waals surface area contributed by atoms with E-state index in [2.05, 4.69) is 28.4 Å². The normalized spacial score (nSPS) is 14.3. The highest BCUT2D eigenvalue weighted by Gasteiger charge is 2.17. The Hall–Kier alpha value is -3.73. The van der Waals surface area contributed by atoms with E-state index in [0.717, 1.165) is 60.8 Å². The number of rotatable bonds is 6. The summed E-state index contributed by atoms with van der Waals surface area (Å²) in [4.78, 5) is 12.1. The first-order valence-corrected chi connectivity index (χ1v) is 11.2. The number of fused-ring (bicyclic) bond motifs is 1. The van der Waals surface area contributed by atoms with Crippen LogP contribution < -0.4 is 5.32 Å². The predicted octanol–water partition coefficient (Wildman–Crippen LogP) is 4.04. The molecule has 0 amide bonds. The fourth-order valence-electron chi connectivity index (χ4n) is 4.28. The Morgan fingerprint density at radius 3 is 2.70 bits per heavy atom. The van der Waals surface area contributed by atoms with Crippen molar-refractivity contribution in [3.05, 3.63) is 83.2 Å². The van der Waals surface area contributed by atoms with Crippen LogP contribution in [-0.2, 0) is 17.8 Å². The Morgan fingerprint density at radius 2 is 1.91 bits per heavy atom. The Kier molecular flexibility index (Phi) is 6.03. The largest absolute Gasteiger partial charge is 0.379 e. The van der Waals surface area contributed by atoms with Gasteiger partial charge in [0, 0.05) is 49.0 Å². The number of nitrogens with one attached hydrogen (secondary N) is 1. The van der Waals surface area contributed by atoms with E-state index in [1.807, 2.05) is 60.2 Å². The lowest BCUT2D eigenvalue weighted by atomic mass is 10.1. The van der Waals surface area contributed by atoms with Crippen LogP contribution in [0.5, 0.6) is 0 Å². The van der Waals surface area contributed by atoms with Crippen molar-refractivity contribution in [2.45, 2.75) is 20.0 Å². The van der Waals surface area contributed by atoms with Gasteiger partial charge in [-0.25, -0.2) is 4.98 Å². The van der Waals surface area contributed by atoms with Crippen LogP contribution in [0.4, 0.5) is 5.82 Å². The summed E-state index contributed by atoms with van der Waals surface area (Å²) in [6.45, 7) is 6.77. The van der Waals surface area contributed by atoms with Gasteiger partial charge in [-0.15, -0.1) is 0 Å². The van der Waals surface area contributed by atoms with Gasteiger partial charge in [0.15, 0.2) is 0 Å². The molecule has 0 radical (unpaired) electrons. The molecule has 1 aliphatic heterocycles. The Balaban J connectivity index is 1.53. The second-order valence-corrected chi connectivity index (χ2v) is 8.24. The maximum atomic E-state index is 9.51. The number of hydrogen-bond donors (Lipinski definition) is 1. The maximum absolute atomic E-state index is 9.51. The quantitative estimate of drug-likeness (QED) is 0.489. The van der Waals surface area contributed by atoms with E-state index in [-0.39, 0.29) is 0 Å². The first-order chi connectivity index (χ1) is 16.2. The van der Waals surface area contributed by atoms with E-state index in [9.17, 15) is 5.26 Å². The van der Waals surface area contributed by atoms with Crippen LogP contribution in [0.3, 0.4) is 0 Å². The van der Waals surface area contributed by atoms with Crippen LogP contribution in [0, 0.1) is 18.3 Å². The highest BCUT2D eigenvalue weighted by molar-refractivity contribution is 5.88. The van der Waals surface area contributed by atoms with Crippen LogP contribution >= 0.6 is 0 Å². The fraction of sp³-hybridized carbons (Fsp3) is 0.269. The molecule has 0 atom stereocenters. The lowest BCUT2D eigenvalue weighted by Gasteiger charge is -2.27. The standard InChI is InChI=1S/C26H26N6O/c1-19-14-23-21(15-27)8-5-9-24(23)32(19)26-29-17-22(18-31-10-12-33-13-11-31)25(30-26)28-16-20-6-3-2-4-7-20/h2-9,14,17H,10-13,16,18H2,1H3,(H,28,29,30). The van der Waals surface area contributed by atoms with E-state index in [1.165, 1.54) is 5.56 Å². The van der Waals surface area contributed by atoms with Crippen molar-refractivity contribution < 1.29 is 4.74 Å². The van der Waals surface area contributed by atoms with Crippen molar-refractivity contribution in [2.24, 2.45) is 0 Å². The van der Waals surface area contributed by atoms with Gasteiger partial charge < -0.3 is 10.1 Å². The first-order valence-electron chi connectivity index (χ1n) is 11.2. The van der Waals surface area contributed by atoms with E-state index in [0.29, 0.717) is 18.1 Å². The molecule has 1 N–H and O–H groups in total. The van der Waals surface area contributed by atoms with Crippen LogP contribution in [0.25, 0.3) is 16.9 Å². The van der Waals surface area contributed by atoms with Crippen LogP contribution in [0.15, 0.2) is 60.8 Å². The number of ether oxygens (including phenoxy) is 1. The van der Waals surface area contributed by atoms with Gasteiger partial charge in [-0.3, -0.25) is 9.47 Å². The van der Waals surface area contributed by atoms with Gasteiger partial charge in [0.1, 0.15) is 5.82 Å². The predicted molar refractivity (Wildman–Crippen MR) is 128 cm³/mol. The smallest absolute Gasteiger partial charge is 0.236 e. The molecule has 7 nitrogen and oxygen atoms in total. The molecular formula is C26H26N6O. The molecular weight excluding hydrogens is 412 g/mol. The van der Waals surface area contributed by atoms with Gasteiger partial charge in [-0.05, 0) is 30.7 Å². The molecule has 1 saturated heterocycles. The van der Waals surface area contributed by atoms with Gasteiger partial charge in [0.2, 0.25) is 5.95 Å². The van der Waals surface area contributed by atoms with E-state index < -0.39 is 0 Å². The molecule has 3 heterocycles. The third kappa shape index (κ3) is 4.44. The third-order valence-corrected chi connectivity index (χ3v) is 6.00. The zero-order valence-electron chi connectivity index (χ0n) is 18.7. The van der Waals surface area contributed by atoms with Gasteiger partial charge in [0.05, 0.1) is 30.4 Å². The summed E-state index contributed by atoms with van der Waals surface area (Å²) >= 11 is 0. The summed E-state index contributed by atoms with van der Waals surface area (Å²) in [6, 6.07) is 20.4. The van der Waals surface area contributed by atoms with Gasteiger partial charge in [0.25, 0.3) is 0 Å². The summed E-state index contributed by atoms with van der Waals surface area (Å²) in [6.07, 6.45) is 1.92. The second kappa shape index (κ2) is 9.41. The molecule has 1 fully saturated rings. The summed E-state index contributed by atoms with van der Waals surface area (Å²) in [5.41, 5.74) is 4.82. The van der Waals surface area contributed by atoms with Crippen LogP contribution in [0.1, 0.15) is 22.4 Å². The average molecular weight is 439 g/mol. The van der Waals surface area contributed by atoms with Crippen molar-refractivity contribution in [1.29, 1.82) is 5.26 Å². The Morgan fingerprint density at radius 1 is 1.09 bits per heavy atom. The number of hydrogen-bond acceptors (Lipinski definition) is 6. The molecule has 166 valence electrons. The summed E-state index contributed by atoms with van der Waals surface area (Å²) in [5.74, 6) is 1.42. The summed E-state index contributed by atoms with van der Waals surface area (Å²) in [5, 5.41) is 14.0. The number of nitrogens with zero attached hydrogens (tertiary/aromatic N) is 5. The van der Waals surface area contributed by atoms with Crippen molar-refractivity contribution >= 4 is 16.7 Å². The number of morpholine rings is 1. The van der Waals surface area contributed by atoms with E-state index in [4.69, 9.17) is 14.7 Å². The Bertz CT molecular complexity index is 1300. The van der Waals surface area contributed by atoms with E-state index >= 15 is 0 Å². The molecule has 1 aliphatic rings. The zero-order valence-corrected chi connectivity index (χ0v) is 18.7. The molecule has 0 unspecified atom stereocenters. The maximum Gasteiger partial charge on any atom is 0.236 e. The third-order valence-electron chi connectivity index (χ3n) is 6.00. The van der Waals surface area contributed by atoms with Crippen LogP contribution in [-0.4, -0.2) is 45.7 Å². The lowest BCUT2D eigenvalue weighted by Crippen LogP contribution is -2.36. The topological polar surface area (TPSA) is 79.0 Å². The molecule has 0 bridgehead atoms. The molecule has 0 spiro atoms. The summed E-state index contributed by atoms with van der Waals surface area (Å²) < 4.78 is 7.52. The highest BCUT2D eigenvalue weighted by atomic mass is 16.5. The second-order valence-electron chi connectivity index (χ2n) is 8.24. The van der Waals surface area contributed by atoms with Crippen molar-refractivity contribution in [1.82, 2.24) is 19.4 Å². The highest BCUT2D eigenvalue weighted by Crippen LogP contribution is 2.26. The van der Waals surface area contributed by atoms with Gasteiger partial charge in [-0.2, -0.15) is 10.2 Å². The minimum absolute atomic E-state index is 0.596. The number of aromatic nitrogens is 3. The molecule has 2 aromatic heterocycles. The van der Waals surface area contributed by atoms with Crippen LogP contribution in [0.2, 0.25) is 0 Å². The number of anilines is 1. The van der Waals surface area contributed by atoms with Crippen molar-refractivity contribution in [2.75, 3.05) is 31.6 Å². The lowest BCUT2D eigenvalue weighted by molar-refractivity contribution is 0.0342. The molecule has 0 aliphatic carbocycles. The minimum Gasteiger partial charge on any atom is -0.379 e. The molecule has 33 heavy (non-hydrogen) atoms. The first kappa shape index (κ1) is 21.1. The van der Waals surface area contributed by atoms with E-state index in [1.54, 1.807) is 0 Å². The minimum atomic E-state index is 0.596. The zero-order chi connectivity index (χ0) is 22.6. The number of nitriles is 1. The monoisotopic (exact) mass is 438 g/mol. The van der Waals surface area contributed by atoms with Crippen molar-refractivity contribution in [3.8, 4) is 12.0 Å². The molecule has 5 rings (SSSR count).